The van der Waals surface area contributed by atoms with Crippen molar-refractivity contribution in [2.45, 2.75) is 18.9 Å². The number of benzene rings is 1. The first-order valence-electron chi connectivity index (χ1n) is 5.73. The van der Waals surface area contributed by atoms with Crippen molar-refractivity contribution in [2.24, 2.45) is 0 Å². The van der Waals surface area contributed by atoms with Crippen molar-refractivity contribution < 1.29 is 4.74 Å². The maximum atomic E-state index is 5.47. The minimum absolute atomic E-state index is 0.477. The minimum Gasteiger partial charge on any atom is -0.380 e. The fourth-order valence-electron chi connectivity index (χ4n) is 2.15. The first kappa shape index (κ1) is 10.1. The number of hydrogen-bond acceptors (Lipinski definition) is 3. The van der Waals surface area contributed by atoms with Gasteiger partial charge < -0.3 is 10.1 Å². The van der Waals surface area contributed by atoms with Gasteiger partial charge in [0.1, 0.15) is 0 Å². The summed E-state index contributed by atoms with van der Waals surface area (Å²) in [5.74, 6) is 0. The van der Waals surface area contributed by atoms with E-state index < -0.39 is 0 Å². The Hall–Kier alpha value is -1.06. The molecule has 0 radical (unpaired) electrons. The van der Waals surface area contributed by atoms with Gasteiger partial charge in [0.2, 0.25) is 0 Å². The second-order valence-electron chi connectivity index (χ2n) is 4.23. The van der Waals surface area contributed by atoms with E-state index in [9.17, 15) is 0 Å². The zero-order valence-electron chi connectivity index (χ0n) is 9.11. The number of ether oxygens (including phenoxy) is 1. The van der Waals surface area contributed by atoms with Gasteiger partial charge in [0.15, 0.2) is 0 Å². The van der Waals surface area contributed by atoms with Crippen molar-refractivity contribution in [3.63, 3.8) is 0 Å². The first-order valence-corrected chi connectivity index (χ1v) is 6.61. The van der Waals surface area contributed by atoms with Crippen molar-refractivity contribution in [2.75, 3.05) is 18.5 Å². The van der Waals surface area contributed by atoms with Crippen LogP contribution in [0, 0.1) is 0 Å². The van der Waals surface area contributed by atoms with Crippen LogP contribution < -0.4 is 5.32 Å². The number of hydrogen-bond donors (Lipinski definition) is 1. The average Bonchev–Trinajstić information content (AvgIpc) is 2.77. The standard InChI is InChI=1S/C13H15NOS/c1-2-12(9-15-6-1)14-11-3-4-13-10(8-11)5-7-16-13/h3-5,7-8,12,14H,1-2,6,9H2. The third-order valence-corrected chi connectivity index (χ3v) is 3.88. The SMILES string of the molecule is c1cc2cc(NC3CCCOC3)ccc2s1. The Kier molecular flexibility index (Phi) is 2.80. The topological polar surface area (TPSA) is 21.3 Å². The van der Waals surface area contributed by atoms with E-state index in [4.69, 9.17) is 4.74 Å². The quantitative estimate of drug-likeness (QED) is 0.857. The molecule has 1 fully saturated rings. The monoisotopic (exact) mass is 233 g/mol. The van der Waals surface area contributed by atoms with Gasteiger partial charge in [-0.05, 0) is 47.9 Å². The Balaban J connectivity index is 1.77. The molecule has 1 aliphatic rings. The molecule has 1 aromatic heterocycles. The Morgan fingerprint density at radius 3 is 3.19 bits per heavy atom. The summed E-state index contributed by atoms with van der Waals surface area (Å²) in [5.41, 5.74) is 1.21. The zero-order chi connectivity index (χ0) is 10.8. The molecule has 3 rings (SSSR count). The molecule has 3 heteroatoms. The van der Waals surface area contributed by atoms with Crippen LogP contribution in [0.4, 0.5) is 5.69 Å². The minimum atomic E-state index is 0.477. The average molecular weight is 233 g/mol. The summed E-state index contributed by atoms with van der Waals surface area (Å²) in [6, 6.07) is 9.22. The molecule has 1 aromatic carbocycles. The molecule has 0 amide bonds. The normalized spacial score (nSPS) is 21.1. The summed E-state index contributed by atoms with van der Waals surface area (Å²) in [6.07, 6.45) is 2.38. The Morgan fingerprint density at radius 2 is 2.31 bits per heavy atom. The van der Waals surface area contributed by atoms with Gasteiger partial charge in [0, 0.05) is 23.0 Å². The summed E-state index contributed by atoms with van der Waals surface area (Å²) < 4.78 is 6.82. The van der Waals surface area contributed by atoms with Crippen molar-refractivity contribution in [3.8, 4) is 0 Å². The molecule has 2 nitrogen and oxygen atoms in total. The number of fused-ring (bicyclic) bond motifs is 1. The smallest absolute Gasteiger partial charge is 0.0667 e. The summed E-state index contributed by atoms with van der Waals surface area (Å²) in [4.78, 5) is 0. The van der Waals surface area contributed by atoms with Gasteiger partial charge in [0.25, 0.3) is 0 Å². The maximum absolute atomic E-state index is 5.47. The third kappa shape index (κ3) is 2.06. The summed E-state index contributed by atoms with van der Waals surface area (Å²) >= 11 is 1.79. The van der Waals surface area contributed by atoms with E-state index in [1.807, 2.05) is 0 Å². The fourth-order valence-corrected chi connectivity index (χ4v) is 2.92. The number of nitrogens with one attached hydrogen (secondary N) is 1. The highest BCUT2D eigenvalue weighted by molar-refractivity contribution is 7.17. The second kappa shape index (κ2) is 4.44. The molecule has 2 aromatic rings. The van der Waals surface area contributed by atoms with Gasteiger partial charge in [0.05, 0.1) is 6.61 Å². The van der Waals surface area contributed by atoms with E-state index >= 15 is 0 Å². The first-order chi connectivity index (χ1) is 7.92. The predicted molar refractivity (Wildman–Crippen MR) is 69.3 cm³/mol. The lowest BCUT2D eigenvalue weighted by Crippen LogP contribution is -2.29. The molecule has 1 saturated heterocycles. The van der Waals surface area contributed by atoms with Crippen LogP contribution in [-0.2, 0) is 4.74 Å². The molecule has 2 heterocycles. The highest BCUT2D eigenvalue weighted by Crippen LogP contribution is 2.25. The van der Waals surface area contributed by atoms with Gasteiger partial charge in [-0.25, -0.2) is 0 Å². The molecule has 0 bridgehead atoms. The largest absolute Gasteiger partial charge is 0.380 e. The van der Waals surface area contributed by atoms with Crippen LogP contribution in [0.25, 0.3) is 10.1 Å². The molecular formula is C13H15NOS. The maximum Gasteiger partial charge on any atom is 0.0667 e. The summed E-state index contributed by atoms with van der Waals surface area (Å²) in [6.45, 7) is 1.75. The van der Waals surface area contributed by atoms with E-state index in [0.29, 0.717) is 6.04 Å². The van der Waals surface area contributed by atoms with Gasteiger partial charge >= 0.3 is 0 Å². The highest BCUT2D eigenvalue weighted by Gasteiger charge is 2.13. The number of thiophene rings is 1. The van der Waals surface area contributed by atoms with Gasteiger partial charge in [-0.2, -0.15) is 0 Å². The van der Waals surface area contributed by atoms with E-state index in [1.54, 1.807) is 11.3 Å². The predicted octanol–water partition coefficient (Wildman–Crippen LogP) is 3.49. The molecule has 0 aliphatic carbocycles. The van der Waals surface area contributed by atoms with Crippen molar-refractivity contribution >= 4 is 27.1 Å². The Morgan fingerprint density at radius 1 is 1.31 bits per heavy atom. The van der Waals surface area contributed by atoms with Crippen LogP contribution in [0.1, 0.15) is 12.8 Å². The van der Waals surface area contributed by atoms with Gasteiger partial charge in [-0.3, -0.25) is 0 Å². The lowest BCUT2D eigenvalue weighted by molar-refractivity contribution is 0.0876. The molecule has 1 unspecified atom stereocenters. The summed E-state index contributed by atoms with van der Waals surface area (Å²) in [7, 11) is 0. The molecule has 84 valence electrons. The van der Waals surface area contributed by atoms with Crippen LogP contribution in [-0.4, -0.2) is 19.3 Å². The Bertz CT molecular complexity index is 473. The van der Waals surface area contributed by atoms with Crippen LogP contribution >= 0.6 is 11.3 Å². The van der Waals surface area contributed by atoms with E-state index in [0.717, 1.165) is 13.2 Å². The van der Waals surface area contributed by atoms with Gasteiger partial charge in [-0.15, -0.1) is 11.3 Å². The zero-order valence-corrected chi connectivity index (χ0v) is 9.93. The lowest BCUT2D eigenvalue weighted by atomic mass is 10.1. The van der Waals surface area contributed by atoms with Crippen LogP contribution in [0.2, 0.25) is 0 Å². The van der Waals surface area contributed by atoms with E-state index in [1.165, 1.54) is 28.6 Å². The van der Waals surface area contributed by atoms with Crippen LogP contribution in [0.15, 0.2) is 29.6 Å². The van der Waals surface area contributed by atoms with Crippen LogP contribution in [0.5, 0.6) is 0 Å². The fraction of sp³-hybridized carbons (Fsp3) is 0.385. The molecule has 1 atom stereocenters. The highest BCUT2D eigenvalue weighted by atomic mass is 32.1. The second-order valence-corrected chi connectivity index (χ2v) is 5.18. The van der Waals surface area contributed by atoms with Crippen molar-refractivity contribution in [1.29, 1.82) is 0 Å². The van der Waals surface area contributed by atoms with Crippen LogP contribution in [0.3, 0.4) is 0 Å². The molecule has 0 spiro atoms. The third-order valence-electron chi connectivity index (χ3n) is 2.98. The summed E-state index contributed by atoms with van der Waals surface area (Å²) in [5, 5.41) is 7.01. The molecular weight excluding hydrogens is 218 g/mol. The Labute approximate surface area is 99.2 Å². The van der Waals surface area contributed by atoms with E-state index in [2.05, 4.69) is 35.0 Å². The molecule has 0 saturated carbocycles. The lowest BCUT2D eigenvalue weighted by Gasteiger charge is -2.24. The number of rotatable bonds is 2. The molecule has 16 heavy (non-hydrogen) atoms. The van der Waals surface area contributed by atoms with Gasteiger partial charge in [-0.1, -0.05) is 0 Å². The molecule has 1 N–H and O–H groups in total. The molecule has 1 aliphatic heterocycles. The van der Waals surface area contributed by atoms with Crippen molar-refractivity contribution in [1.82, 2.24) is 0 Å². The number of anilines is 1. The van der Waals surface area contributed by atoms with Crippen molar-refractivity contribution in [3.05, 3.63) is 29.6 Å². The van der Waals surface area contributed by atoms with E-state index in [-0.39, 0.29) is 0 Å².